The largest absolute Gasteiger partial charge is 0.480 e. The Balaban J connectivity index is 2.02. The first kappa shape index (κ1) is 16.2. The third-order valence-electron chi connectivity index (χ3n) is 3.75. The van der Waals surface area contributed by atoms with Crippen molar-refractivity contribution < 1.29 is 13.9 Å². The highest BCUT2D eigenvalue weighted by molar-refractivity contribution is 9.10. The molecule has 4 nitrogen and oxygen atoms in total. The topological polar surface area (TPSA) is 55.6 Å². The van der Waals surface area contributed by atoms with E-state index >= 15 is 0 Å². The quantitative estimate of drug-likeness (QED) is 0.903. The minimum atomic E-state index is -0.622. The Morgan fingerprint density at radius 2 is 2.29 bits per heavy atom. The zero-order chi connectivity index (χ0) is 15.6. The van der Waals surface area contributed by atoms with Gasteiger partial charge in [0, 0.05) is 18.6 Å². The molecule has 21 heavy (non-hydrogen) atoms. The average molecular weight is 359 g/mol. The molecule has 1 aliphatic rings. The zero-order valence-corrected chi connectivity index (χ0v) is 13.8. The molecule has 1 heterocycles. The Bertz CT molecular complexity index is 526. The highest BCUT2D eigenvalue weighted by Gasteiger charge is 2.30. The van der Waals surface area contributed by atoms with E-state index in [2.05, 4.69) is 15.9 Å². The number of hydrogen-bond acceptors (Lipinski definition) is 3. The van der Waals surface area contributed by atoms with E-state index in [1.807, 2.05) is 11.8 Å². The van der Waals surface area contributed by atoms with Gasteiger partial charge in [0.15, 0.2) is 6.10 Å². The highest BCUT2D eigenvalue weighted by Crippen LogP contribution is 2.27. The number of hydrogen-bond donors (Lipinski definition) is 1. The van der Waals surface area contributed by atoms with Crippen LogP contribution in [0.15, 0.2) is 22.7 Å². The molecular formula is C15H20BrFN2O2. The molecule has 0 spiro atoms. The SMILES string of the molecule is C[C@H](Oc1ccc(F)cc1Br)C(=O)N1CC[C@@H](N)C[C@@H]1C. The van der Waals surface area contributed by atoms with E-state index in [4.69, 9.17) is 10.5 Å². The van der Waals surface area contributed by atoms with Crippen molar-refractivity contribution in [3.05, 3.63) is 28.5 Å². The van der Waals surface area contributed by atoms with Gasteiger partial charge in [0.2, 0.25) is 0 Å². The number of rotatable bonds is 3. The molecule has 0 aliphatic carbocycles. The van der Waals surface area contributed by atoms with Gasteiger partial charge in [-0.15, -0.1) is 0 Å². The maximum absolute atomic E-state index is 13.0. The molecule has 1 fully saturated rings. The van der Waals surface area contributed by atoms with Crippen LogP contribution < -0.4 is 10.5 Å². The molecule has 116 valence electrons. The van der Waals surface area contributed by atoms with Crippen LogP contribution in [0.5, 0.6) is 5.75 Å². The van der Waals surface area contributed by atoms with Crippen LogP contribution in [-0.4, -0.2) is 35.5 Å². The van der Waals surface area contributed by atoms with Gasteiger partial charge < -0.3 is 15.4 Å². The summed E-state index contributed by atoms with van der Waals surface area (Å²) in [6, 6.07) is 4.41. The van der Waals surface area contributed by atoms with Gasteiger partial charge in [0.05, 0.1) is 4.47 Å². The van der Waals surface area contributed by atoms with E-state index in [1.54, 1.807) is 6.92 Å². The Morgan fingerprint density at radius 3 is 2.90 bits per heavy atom. The Hall–Kier alpha value is -1.14. The fourth-order valence-corrected chi connectivity index (χ4v) is 3.03. The minimum absolute atomic E-state index is 0.0642. The summed E-state index contributed by atoms with van der Waals surface area (Å²) in [7, 11) is 0. The summed E-state index contributed by atoms with van der Waals surface area (Å²) in [6.07, 6.45) is 0.991. The zero-order valence-electron chi connectivity index (χ0n) is 12.2. The maximum Gasteiger partial charge on any atom is 0.263 e. The molecule has 0 bridgehead atoms. The summed E-state index contributed by atoms with van der Waals surface area (Å²) in [5, 5.41) is 0. The van der Waals surface area contributed by atoms with Crippen LogP contribution in [0.4, 0.5) is 4.39 Å². The molecule has 1 amide bonds. The van der Waals surface area contributed by atoms with Crippen molar-refractivity contribution in [2.24, 2.45) is 5.73 Å². The molecule has 1 aromatic rings. The first-order valence-electron chi connectivity index (χ1n) is 7.06. The molecular weight excluding hydrogens is 339 g/mol. The number of amides is 1. The van der Waals surface area contributed by atoms with Crippen molar-refractivity contribution in [2.75, 3.05) is 6.54 Å². The van der Waals surface area contributed by atoms with Gasteiger partial charge in [0.1, 0.15) is 11.6 Å². The summed E-state index contributed by atoms with van der Waals surface area (Å²) in [5.74, 6) is 0.0380. The van der Waals surface area contributed by atoms with Crippen LogP contribution in [0.25, 0.3) is 0 Å². The van der Waals surface area contributed by atoms with Crippen molar-refractivity contribution in [1.29, 1.82) is 0 Å². The summed E-state index contributed by atoms with van der Waals surface area (Å²) in [5.41, 5.74) is 5.91. The van der Waals surface area contributed by atoms with Gasteiger partial charge in [-0.05, 0) is 60.8 Å². The predicted molar refractivity (Wildman–Crippen MR) is 82.6 cm³/mol. The Kier molecular flexibility index (Phi) is 5.22. The molecule has 1 saturated heterocycles. The van der Waals surface area contributed by atoms with Gasteiger partial charge in [-0.25, -0.2) is 4.39 Å². The average Bonchev–Trinajstić information content (AvgIpc) is 2.41. The second kappa shape index (κ2) is 6.75. The lowest BCUT2D eigenvalue weighted by Crippen LogP contribution is -2.51. The number of nitrogens with zero attached hydrogens (tertiary/aromatic N) is 1. The molecule has 6 heteroatoms. The molecule has 1 aromatic carbocycles. The number of carbonyl (C=O) groups excluding carboxylic acids is 1. The van der Waals surface area contributed by atoms with Gasteiger partial charge in [-0.3, -0.25) is 4.79 Å². The summed E-state index contributed by atoms with van der Waals surface area (Å²) in [4.78, 5) is 14.3. The van der Waals surface area contributed by atoms with Crippen LogP contribution in [-0.2, 0) is 4.79 Å². The van der Waals surface area contributed by atoms with Gasteiger partial charge in [-0.2, -0.15) is 0 Å². The van der Waals surface area contributed by atoms with Crippen LogP contribution in [0.1, 0.15) is 26.7 Å². The van der Waals surface area contributed by atoms with Crippen molar-refractivity contribution in [2.45, 2.75) is 44.9 Å². The van der Waals surface area contributed by atoms with Crippen LogP contribution in [0, 0.1) is 5.82 Å². The molecule has 1 aliphatic heterocycles. The number of likely N-dealkylation sites (tertiary alicyclic amines) is 1. The lowest BCUT2D eigenvalue weighted by atomic mass is 9.98. The van der Waals surface area contributed by atoms with Crippen LogP contribution in [0.3, 0.4) is 0 Å². The number of halogens is 2. The number of piperidine rings is 1. The van der Waals surface area contributed by atoms with Crippen molar-refractivity contribution in [1.82, 2.24) is 4.90 Å². The standard InChI is InChI=1S/C15H20BrFN2O2/c1-9-7-12(18)5-6-19(9)15(20)10(2)21-14-4-3-11(17)8-13(14)16/h3-4,8-10,12H,5-7,18H2,1-2H3/t9-,10-,12+/m0/s1. The fraction of sp³-hybridized carbons (Fsp3) is 0.533. The van der Waals surface area contributed by atoms with E-state index in [-0.39, 0.29) is 23.8 Å². The van der Waals surface area contributed by atoms with Crippen molar-refractivity contribution in [3.63, 3.8) is 0 Å². The summed E-state index contributed by atoms with van der Waals surface area (Å²) in [6.45, 7) is 4.36. The second-order valence-corrected chi connectivity index (χ2v) is 6.35. The normalized spacial score (nSPS) is 23.8. The van der Waals surface area contributed by atoms with E-state index in [9.17, 15) is 9.18 Å². The van der Waals surface area contributed by atoms with Crippen molar-refractivity contribution >= 4 is 21.8 Å². The predicted octanol–water partition coefficient (Wildman–Crippen LogP) is 2.69. The number of benzene rings is 1. The fourth-order valence-electron chi connectivity index (χ4n) is 2.58. The minimum Gasteiger partial charge on any atom is -0.480 e. The Labute approximate surface area is 132 Å². The third kappa shape index (κ3) is 3.95. The van der Waals surface area contributed by atoms with Crippen LogP contribution in [0.2, 0.25) is 0 Å². The summed E-state index contributed by atoms with van der Waals surface area (Å²) < 4.78 is 19.2. The Morgan fingerprint density at radius 1 is 1.57 bits per heavy atom. The molecule has 0 saturated carbocycles. The van der Waals surface area contributed by atoms with E-state index in [1.165, 1.54) is 18.2 Å². The van der Waals surface area contributed by atoms with Gasteiger partial charge >= 0.3 is 0 Å². The van der Waals surface area contributed by atoms with E-state index in [0.29, 0.717) is 16.8 Å². The monoisotopic (exact) mass is 358 g/mol. The molecule has 0 unspecified atom stereocenters. The number of ether oxygens (including phenoxy) is 1. The van der Waals surface area contributed by atoms with Crippen LogP contribution >= 0.6 is 15.9 Å². The lowest BCUT2D eigenvalue weighted by molar-refractivity contribution is -0.141. The van der Waals surface area contributed by atoms with E-state index in [0.717, 1.165) is 12.8 Å². The van der Waals surface area contributed by atoms with Gasteiger partial charge in [0.25, 0.3) is 5.91 Å². The first-order chi connectivity index (χ1) is 9.88. The molecule has 3 atom stereocenters. The molecule has 0 radical (unpaired) electrons. The number of carbonyl (C=O) groups is 1. The van der Waals surface area contributed by atoms with E-state index < -0.39 is 6.10 Å². The molecule has 0 aromatic heterocycles. The second-order valence-electron chi connectivity index (χ2n) is 5.50. The maximum atomic E-state index is 13.0. The first-order valence-corrected chi connectivity index (χ1v) is 7.85. The number of nitrogens with two attached hydrogens (primary N) is 1. The summed E-state index contributed by atoms with van der Waals surface area (Å²) >= 11 is 3.23. The highest BCUT2D eigenvalue weighted by atomic mass is 79.9. The van der Waals surface area contributed by atoms with Gasteiger partial charge in [-0.1, -0.05) is 0 Å². The molecule has 2 rings (SSSR count). The lowest BCUT2D eigenvalue weighted by Gasteiger charge is -2.37. The molecule has 2 N–H and O–H groups in total. The van der Waals surface area contributed by atoms with Crippen molar-refractivity contribution in [3.8, 4) is 5.75 Å². The third-order valence-corrected chi connectivity index (χ3v) is 4.36. The smallest absolute Gasteiger partial charge is 0.263 e.